The Bertz CT molecular complexity index is 527. The van der Waals surface area contributed by atoms with E-state index in [1.54, 1.807) is 0 Å². The van der Waals surface area contributed by atoms with Gasteiger partial charge in [-0.2, -0.15) is 5.10 Å². The fourth-order valence-electron chi connectivity index (χ4n) is 4.11. The van der Waals surface area contributed by atoms with Crippen LogP contribution in [0.5, 0.6) is 0 Å². The summed E-state index contributed by atoms with van der Waals surface area (Å²) >= 11 is 0. The Kier molecular flexibility index (Phi) is 3.39. The van der Waals surface area contributed by atoms with E-state index in [-0.39, 0.29) is 0 Å². The minimum atomic E-state index is 0.421. The lowest BCUT2D eigenvalue weighted by molar-refractivity contribution is 0.399. The van der Waals surface area contributed by atoms with Crippen molar-refractivity contribution < 1.29 is 0 Å². The Balaban J connectivity index is 1.76. The maximum Gasteiger partial charge on any atom is 0.0828 e. The summed E-state index contributed by atoms with van der Waals surface area (Å²) in [4.78, 5) is 0. The fraction of sp³-hybridized carbons (Fsp3) is 0.706. The Labute approximate surface area is 122 Å². The predicted molar refractivity (Wildman–Crippen MR) is 84.0 cm³/mol. The molecule has 110 valence electrons. The second-order valence-corrected chi connectivity index (χ2v) is 6.96. The largest absolute Gasteiger partial charge is 0.379 e. The van der Waals surface area contributed by atoms with Gasteiger partial charge in [0.05, 0.1) is 17.1 Å². The van der Waals surface area contributed by atoms with Gasteiger partial charge in [-0.25, -0.2) is 0 Å². The standard InChI is InChI=1S/C17H27N3/c1-10(2)20-13(5)17(12(4)19-20)18-11(3)16-9-14-6-7-15(16)8-14/h6-7,10-11,14-16,18H,8-9H2,1-5H3. The average molecular weight is 273 g/mol. The van der Waals surface area contributed by atoms with Crippen molar-refractivity contribution in [2.24, 2.45) is 17.8 Å². The van der Waals surface area contributed by atoms with E-state index in [2.05, 4.69) is 61.9 Å². The monoisotopic (exact) mass is 273 g/mol. The Morgan fingerprint density at radius 2 is 1.95 bits per heavy atom. The van der Waals surface area contributed by atoms with Crippen LogP contribution in [0, 0.1) is 31.6 Å². The number of hydrogen-bond acceptors (Lipinski definition) is 2. The maximum atomic E-state index is 4.68. The predicted octanol–water partition coefficient (Wildman–Crippen LogP) is 4.09. The number of aromatic nitrogens is 2. The highest BCUT2D eigenvalue weighted by Gasteiger charge is 2.38. The molecule has 4 atom stereocenters. The molecule has 3 rings (SSSR count). The van der Waals surface area contributed by atoms with Gasteiger partial charge in [-0.15, -0.1) is 0 Å². The Morgan fingerprint density at radius 3 is 2.45 bits per heavy atom. The summed E-state index contributed by atoms with van der Waals surface area (Å²) in [6, 6.07) is 0.946. The number of aryl methyl sites for hydroxylation is 1. The minimum Gasteiger partial charge on any atom is -0.379 e. The molecule has 1 aromatic rings. The van der Waals surface area contributed by atoms with Crippen LogP contribution in [0.4, 0.5) is 5.69 Å². The average Bonchev–Trinajstić information content (AvgIpc) is 3.08. The van der Waals surface area contributed by atoms with E-state index in [0.29, 0.717) is 12.1 Å². The first-order valence-electron chi connectivity index (χ1n) is 7.98. The third kappa shape index (κ3) is 2.17. The van der Waals surface area contributed by atoms with Crippen molar-refractivity contribution in [1.29, 1.82) is 0 Å². The number of nitrogens with zero attached hydrogens (tertiary/aromatic N) is 2. The van der Waals surface area contributed by atoms with Crippen molar-refractivity contribution in [2.45, 2.75) is 59.5 Å². The van der Waals surface area contributed by atoms with Gasteiger partial charge in [0, 0.05) is 12.1 Å². The van der Waals surface area contributed by atoms with Gasteiger partial charge in [0.2, 0.25) is 0 Å². The van der Waals surface area contributed by atoms with Crippen LogP contribution in [-0.4, -0.2) is 15.8 Å². The summed E-state index contributed by atoms with van der Waals surface area (Å²) in [7, 11) is 0. The highest BCUT2D eigenvalue weighted by atomic mass is 15.3. The van der Waals surface area contributed by atoms with E-state index in [1.807, 2.05) is 0 Å². The van der Waals surface area contributed by atoms with E-state index in [1.165, 1.54) is 24.2 Å². The maximum absolute atomic E-state index is 4.68. The van der Waals surface area contributed by atoms with Gasteiger partial charge in [-0.3, -0.25) is 4.68 Å². The molecular formula is C17H27N3. The summed E-state index contributed by atoms with van der Waals surface area (Å²) in [6.45, 7) is 11.0. The lowest BCUT2D eigenvalue weighted by Crippen LogP contribution is -2.29. The molecule has 20 heavy (non-hydrogen) atoms. The molecule has 0 saturated heterocycles. The second kappa shape index (κ2) is 4.94. The number of hydrogen-bond donors (Lipinski definition) is 1. The third-order valence-electron chi connectivity index (χ3n) is 5.16. The van der Waals surface area contributed by atoms with Gasteiger partial charge >= 0.3 is 0 Å². The van der Waals surface area contributed by atoms with Crippen molar-refractivity contribution in [3.8, 4) is 0 Å². The number of anilines is 1. The van der Waals surface area contributed by atoms with Gasteiger partial charge in [0.1, 0.15) is 0 Å². The summed E-state index contributed by atoms with van der Waals surface area (Å²) in [5.74, 6) is 2.42. The van der Waals surface area contributed by atoms with Crippen molar-refractivity contribution in [1.82, 2.24) is 9.78 Å². The van der Waals surface area contributed by atoms with Crippen molar-refractivity contribution in [2.75, 3.05) is 5.32 Å². The van der Waals surface area contributed by atoms with Crippen LogP contribution in [0.1, 0.15) is 51.0 Å². The highest BCUT2D eigenvalue weighted by Crippen LogP contribution is 2.45. The molecule has 0 aliphatic heterocycles. The van der Waals surface area contributed by atoms with Crippen molar-refractivity contribution in [3.05, 3.63) is 23.5 Å². The molecule has 2 aliphatic carbocycles. The zero-order chi connectivity index (χ0) is 14.4. The summed E-state index contributed by atoms with van der Waals surface area (Å²) in [5, 5.41) is 8.44. The Morgan fingerprint density at radius 1 is 1.20 bits per heavy atom. The van der Waals surface area contributed by atoms with Crippen LogP contribution in [0.15, 0.2) is 12.2 Å². The van der Waals surface area contributed by atoms with Crippen molar-refractivity contribution >= 4 is 5.69 Å². The molecule has 3 heteroatoms. The number of fused-ring (bicyclic) bond motifs is 2. The van der Waals surface area contributed by atoms with Gasteiger partial charge < -0.3 is 5.32 Å². The quantitative estimate of drug-likeness (QED) is 0.837. The van der Waals surface area contributed by atoms with Crippen molar-refractivity contribution in [3.63, 3.8) is 0 Å². The van der Waals surface area contributed by atoms with Crippen LogP contribution in [0.3, 0.4) is 0 Å². The van der Waals surface area contributed by atoms with E-state index < -0.39 is 0 Å². The summed E-state index contributed by atoms with van der Waals surface area (Å²) in [6.07, 6.45) is 7.58. The molecule has 0 aromatic carbocycles. The SMILES string of the molecule is Cc1nn(C(C)C)c(C)c1NC(C)C1CC2C=CC1C2. The fourth-order valence-corrected chi connectivity index (χ4v) is 4.11. The van der Waals surface area contributed by atoms with Crippen LogP contribution in [-0.2, 0) is 0 Å². The highest BCUT2D eigenvalue weighted by molar-refractivity contribution is 5.53. The molecule has 3 nitrogen and oxygen atoms in total. The zero-order valence-corrected chi connectivity index (χ0v) is 13.4. The first-order chi connectivity index (χ1) is 9.47. The molecule has 1 saturated carbocycles. The number of rotatable bonds is 4. The molecule has 1 aromatic heterocycles. The topological polar surface area (TPSA) is 29.9 Å². The molecule has 1 fully saturated rings. The van der Waals surface area contributed by atoms with Crippen LogP contribution in [0.25, 0.3) is 0 Å². The van der Waals surface area contributed by atoms with E-state index in [9.17, 15) is 0 Å². The molecule has 2 aliphatic rings. The first-order valence-corrected chi connectivity index (χ1v) is 7.98. The minimum absolute atomic E-state index is 0.421. The van der Waals surface area contributed by atoms with Gasteiger partial charge in [0.15, 0.2) is 0 Å². The third-order valence-corrected chi connectivity index (χ3v) is 5.16. The van der Waals surface area contributed by atoms with Crippen LogP contribution in [0.2, 0.25) is 0 Å². The smallest absolute Gasteiger partial charge is 0.0828 e. The molecule has 1 heterocycles. The molecule has 1 N–H and O–H groups in total. The Hall–Kier alpha value is -1.25. The number of nitrogens with one attached hydrogen (secondary N) is 1. The van der Waals surface area contributed by atoms with E-state index >= 15 is 0 Å². The lowest BCUT2D eigenvalue weighted by atomic mass is 9.87. The summed E-state index contributed by atoms with van der Waals surface area (Å²) < 4.78 is 2.13. The number of allylic oxidation sites excluding steroid dienone is 2. The lowest BCUT2D eigenvalue weighted by Gasteiger charge is -2.27. The first kappa shape index (κ1) is 13.7. The summed E-state index contributed by atoms with van der Waals surface area (Å²) in [5.41, 5.74) is 3.64. The molecule has 0 radical (unpaired) electrons. The molecule has 0 amide bonds. The second-order valence-electron chi connectivity index (χ2n) is 6.96. The normalized spacial score (nSPS) is 29.4. The molecule has 0 spiro atoms. The van der Waals surface area contributed by atoms with E-state index in [4.69, 9.17) is 0 Å². The van der Waals surface area contributed by atoms with Gasteiger partial charge in [0.25, 0.3) is 0 Å². The zero-order valence-electron chi connectivity index (χ0n) is 13.4. The molecule has 2 bridgehead atoms. The van der Waals surface area contributed by atoms with Gasteiger partial charge in [-0.1, -0.05) is 12.2 Å². The van der Waals surface area contributed by atoms with Crippen LogP contribution < -0.4 is 5.32 Å². The van der Waals surface area contributed by atoms with E-state index in [0.717, 1.165) is 23.4 Å². The molecule has 4 unspecified atom stereocenters. The van der Waals surface area contributed by atoms with Gasteiger partial charge in [-0.05, 0) is 65.2 Å². The van der Waals surface area contributed by atoms with Crippen LogP contribution >= 0.6 is 0 Å². The molecular weight excluding hydrogens is 246 g/mol.